The minimum absolute atomic E-state index is 0.225. The fourth-order valence-corrected chi connectivity index (χ4v) is 4.33. The van der Waals surface area contributed by atoms with Crippen molar-refractivity contribution in [1.29, 1.82) is 0 Å². The molecule has 2 aromatic heterocycles. The van der Waals surface area contributed by atoms with Crippen molar-refractivity contribution in [2.45, 2.75) is 13.5 Å². The van der Waals surface area contributed by atoms with Gasteiger partial charge in [-0.15, -0.1) is 0 Å². The number of aromatic nitrogens is 2. The topological polar surface area (TPSA) is 46.1 Å². The van der Waals surface area contributed by atoms with E-state index < -0.39 is 5.82 Å². The molecule has 0 unspecified atom stereocenters. The zero-order valence-electron chi connectivity index (χ0n) is 14.9. The minimum atomic E-state index is -0.462. The van der Waals surface area contributed by atoms with Crippen LogP contribution >= 0.6 is 22.9 Å². The molecule has 140 valence electrons. The van der Waals surface area contributed by atoms with Crippen molar-refractivity contribution in [1.82, 2.24) is 9.97 Å². The average Bonchev–Trinajstić information content (AvgIpc) is 3.10. The number of pyridine rings is 1. The maximum absolute atomic E-state index is 13.7. The molecule has 4 rings (SSSR count). The Balaban J connectivity index is 1.80. The van der Waals surface area contributed by atoms with E-state index in [1.807, 2.05) is 37.3 Å². The van der Waals surface area contributed by atoms with Gasteiger partial charge in [0, 0.05) is 16.8 Å². The first-order valence-electron chi connectivity index (χ1n) is 8.55. The SMILES string of the molecule is Cc1cc(Cl)cc2sc(N(Cc3ccccn3)C(=O)c3cccc(F)c3)nc12. The molecule has 0 spiro atoms. The van der Waals surface area contributed by atoms with E-state index in [4.69, 9.17) is 11.6 Å². The van der Waals surface area contributed by atoms with E-state index in [0.29, 0.717) is 15.8 Å². The Morgan fingerprint density at radius 1 is 1.18 bits per heavy atom. The highest BCUT2D eigenvalue weighted by atomic mass is 35.5. The van der Waals surface area contributed by atoms with Gasteiger partial charge < -0.3 is 0 Å². The van der Waals surface area contributed by atoms with E-state index in [-0.39, 0.29) is 18.0 Å². The van der Waals surface area contributed by atoms with Crippen molar-refractivity contribution in [3.63, 3.8) is 0 Å². The predicted octanol–water partition coefficient (Wildman–Crippen LogP) is 5.64. The number of hydrogen-bond donors (Lipinski definition) is 0. The van der Waals surface area contributed by atoms with E-state index in [1.54, 1.807) is 12.3 Å². The Morgan fingerprint density at radius 2 is 2.04 bits per heavy atom. The zero-order valence-corrected chi connectivity index (χ0v) is 16.5. The second kappa shape index (κ2) is 7.66. The molecule has 1 amide bonds. The van der Waals surface area contributed by atoms with E-state index in [9.17, 15) is 9.18 Å². The highest BCUT2D eigenvalue weighted by molar-refractivity contribution is 7.22. The van der Waals surface area contributed by atoms with Gasteiger partial charge in [-0.3, -0.25) is 14.7 Å². The molecule has 0 aliphatic heterocycles. The second-order valence-electron chi connectivity index (χ2n) is 6.29. The number of halogens is 2. The summed E-state index contributed by atoms with van der Waals surface area (Å²) >= 11 is 7.53. The summed E-state index contributed by atoms with van der Waals surface area (Å²) in [5.74, 6) is -0.802. The summed E-state index contributed by atoms with van der Waals surface area (Å²) in [6, 6.07) is 14.8. The molecule has 0 radical (unpaired) electrons. The van der Waals surface area contributed by atoms with E-state index in [1.165, 1.54) is 34.4 Å². The van der Waals surface area contributed by atoms with Gasteiger partial charge >= 0.3 is 0 Å². The van der Waals surface area contributed by atoms with Crippen LogP contribution in [0.4, 0.5) is 9.52 Å². The van der Waals surface area contributed by atoms with Gasteiger partial charge in [-0.25, -0.2) is 9.37 Å². The summed E-state index contributed by atoms with van der Waals surface area (Å²) in [4.78, 5) is 23.7. The quantitative estimate of drug-likeness (QED) is 0.436. The molecule has 0 saturated carbocycles. The molecular formula is C21H15ClFN3OS. The Kier molecular flexibility index (Phi) is 5.07. The molecule has 0 atom stereocenters. The normalized spacial score (nSPS) is 11.0. The first-order chi connectivity index (χ1) is 13.5. The van der Waals surface area contributed by atoms with E-state index in [0.717, 1.165) is 15.8 Å². The van der Waals surface area contributed by atoms with Crippen molar-refractivity contribution in [3.8, 4) is 0 Å². The van der Waals surface area contributed by atoms with Crippen LogP contribution in [0.5, 0.6) is 0 Å². The molecule has 2 heterocycles. The van der Waals surface area contributed by atoms with Crippen molar-refractivity contribution < 1.29 is 9.18 Å². The lowest BCUT2D eigenvalue weighted by atomic mass is 10.2. The van der Waals surface area contributed by atoms with Crippen LogP contribution in [0.15, 0.2) is 60.8 Å². The van der Waals surface area contributed by atoms with Crippen molar-refractivity contribution >= 4 is 44.2 Å². The molecule has 0 fully saturated rings. The van der Waals surface area contributed by atoms with Crippen molar-refractivity contribution in [2.24, 2.45) is 0 Å². The van der Waals surface area contributed by atoms with Crippen LogP contribution in [0.2, 0.25) is 5.02 Å². The molecular weight excluding hydrogens is 397 g/mol. The smallest absolute Gasteiger partial charge is 0.260 e. The Morgan fingerprint density at radius 3 is 2.79 bits per heavy atom. The molecule has 4 nitrogen and oxygen atoms in total. The first kappa shape index (κ1) is 18.5. The van der Waals surface area contributed by atoms with Gasteiger partial charge in [0.2, 0.25) is 0 Å². The summed E-state index contributed by atoms with van der Waals surface area (Å²) in [5, 5.41) is 1.13. The standard InChI is InChI=1S/C21H15ClFN3OS/c1-13-9-15(22)11-18-19(13)25-21(28-18)26(12-17-7-2-3-8-24-17)20(27)14-5-4-6-16(23)10-14/h2-11H,12H2,1H3. The van der Waals surface area contributed by atoms with Gasteiger partial charge in [-0.05, 0) is 55.0 Å². The number of benzene rings is 2. The summed E-state index contributed by atoms with van der Waals surface area (Å²) in [7, 11) is 0. The first-order valence-corrected chi connectivity index (χ1v) is 9.75. The Labute approximate surface area is 170 Å². The van der Waals surface area contributed by atoms with Crippen LogP contribution in [0, 0.1) is 12.7 Å². The monoisotopic (exact) mass is 411 g/mol. The lowest BCUT2D eigenvalue weighted by Crippen LogP contribution is -2.30. The van der Waals surface area contributed by atoms with Gasteiger partial charge in [0.05, 0.1) is 22.5 Å². The van der Waals surface area contributed by atoms with Gasteiger partial charge in [-0.1, -0.05) is 35.1 Å². The van der Waals surface area contributed by atoms with Crippen LogP contribution in [0.25, 0.3) is 10.2 Å². The molecule has 0 N–H and O–H groups in total. The highest BCUT2D eigenvalue weighted by Gasteiger charge is 2.23. The number of fused-ring (bicyclic) bond motifs is 1. The van der Waals surface area contributed by atoms with Crippen LogP contribution in [0.3, 0.4) is 0 Å². The number of thiazole rings is 1. The summed E-state index contributed by atoms with van der Waals surface area (Å²) in [6.07, 6.45) is 1.67. The minimum Gasteiger partial charge on any atom is -0.278 e. The summed E-state index contributed by atoms with van der Waals surface area (Å²) < 4.78 is 14.6. The molecule has 28 heavy (non-hydrogen) atoms. The maximum Gasteiger partial charge on any atom is 0.260 e. The highest BCUT2D eigenvalue weighted by Crippen LogP contribution is 2.34. The lowest BCUT2D eigenvalue weighted by molar-refractivity contribution is 0.0984. The third kappa shape index (κ3) is 3.74. The van der Waals surface area contributed by atoms with Crippen molar-refractivity contribution in [3.05, 3.63) is 88.5 Å². The molecule has 0 bridgehead atoms. The zero-order chi connectivity index (χ0) is 19.7. The molecule has 4 aromatic rings. The van der Waals surface area contributed by atoms with Crippen LogP contribution in [0.1, 0.15) is 21.6 Å². The Hall–Kier alpha value is -2.83. The second-order valence-corrected chi connectivity index (χ2v) is 7.73. The largest absolute Gasteiger partial charge is 0.278 e. The van der Waals surface area contributed by atoms with Crippen LogP contribution in [-0.4, -0.2) is 15.9 Å². The van der Waals surface area contributed by atoms with E-state index >= 15 is 0 Å². The third-order valence-corrected chi connectivity index (χ3v) is 5.48. The number of nitrogens with zero attached hydrogens (tertiary/aromatic N) is 3. The van der Waals surface area contributed by atoms with Crippen LogP contribution in [-0.2, 0) is 6.54 Å². The molecule has 0 aliphatic carbocycles. The molecule has 2 aromatic carbocycles. The average molecular weight is 412 g/mol. The van der Waals surface area contributed by atoms with Crippen LogP contribution < -0.4 is 4.90 Å². The van der Waals surface area contributed by atoms with Crippen molar-refractivity contribution in [2.75, 3.05) is 4.90 Å². The van der Waals surface area contributed by atoms with Gasteiger partial charge in [0.1, 0.15) is 5.82 Å². The number of hydrogen-bond acceptors (Lipinski definition) is 4. The fraction of sp³-hybridized carbons (Fsp3) is 0.0952. The summed E-state index contributed by atoms with van der Waals surface area (Å²) in [5.41, 5.74) is 2.69. The Bertz CT molecular complexity index is 1160. The van der Waals surface area contributed by atoms with E-state index in [2.05, 4.69) is 9.97 Å². The number of carbonyl (C=O) groups is 1. The predicted molar refractivity (Wildman–Crippen MR) is 111 cm³/mol. The maximum atomic E-state index is 13.7. The van der Waals surface area contributed by atoms with Gasteiger partial charge in [0.15, 0.2) is 5.13 Å². The number of amides is 1. The summed E-state index contributed by atoms with van der Waals surface area (Å²) in [6.45, 7) is 2.15. The number of carbonyl (C=O) groups excluding carboxylic acids is 1. The number of anilines is 1. The lowest BCUT2D eigenvalue weighted by Gasteiger charge is -2.19. The van der Waals surface area contributed by atoms with Gasteiger partial charge in [0.25, 0.3) is 5.91 Å². The number of aryl methyl sites for hydroxylation is 1. The fourth-order valence-electron chi connectivity index (χ4n) is 2.92. The van der Waals surface area contributed by atoms with Gasteiger partial charge in [-0.2, -0.15) is 0 Å². The molecule has 7 heteroatoms. The molecule has 0 aliphatic rings. The number of rotatable bonds is 4. The third-order valence-electron chi connectivity index (χ3n) is 4.23. The molecule has 0 saturated heterocycles.